The fourth-order valence-corrected chi connectivity index (χ4v) is 3.13. The molecule has 0 saturated heterocycles. The van der Waals surface area contributed by atoms with Crippen LogP contribution in [0.1, 0.15) is 17.5 Å². The SMILES string of the molecule is Cc1ccc(-c2ccc(-c3cc4c(c(F)c3F)O[CH-]CC4)cc2)cc1.[Rb+]. The van der Waals surface area contributed by atoms with Crippen LogP contribution in [0.3, 0.4) is 0 Å². The van der Waals surface area contributed by atoms with Gasteiger partial charge in [-0.25, -0.2) is 4.39 Å². The second-order valence-corrected chi connectivity index (χ2v) is 6.31. The average Bonchev–Trinajstić information content (AvgIpc) is 2.65. The molecule has 0 unspecified atom stereocenters. The van der Waals surface area contributed by atoms with Crippen LogP contribution in [0, 0.1) is 25.2 Å². The van der Waals surface area contributed by atoms with Crippen molar-refractivity contribution in [3.8, 4) is 28.0 Å². The van der Waals surface area contributed by atoms with Crippen LogP contribution in [0.4, 0.5) is 8.78 Å². The molecule has 26 heavy (non-hydrogen) atoms. The van der Waals surface area contributed by atoms with Gasteiger partial charge in [-0.2, -0.15) is 11.0 Å². The average molecular weight is 421 g/mol. The summed E-state index contributed by atoms with van der Waals surface area (Å²) in [5.74, 6) is -1.76. The minimum atomic E-state index is -0.911. The monoisotopic (exact) mass is 420 g/mol. The van der Waals surface area contributed by atoms with Gasteiger partial charge in [-0.05, 0) is 41.7 Å². The standard InChI is InChI=1S/C22H17F2O.Rb/c1-14-4-6-15(7-5-14)16-8-10-17(11-9-16)19-13-18-3-2-12-25-22(18)21(24)20(19)23;/h4-13H,2-3H2,1H3;/q-1;+1. The van der Waals surface area contributed by atoms with Gasteiger partial charge >= 0.3 is 58.2 Å². The fraction of sp³-hybridized carbons (Fsp3) is 0.136. The van der Waals surface area contributed by atoms with Crippen LogP contribution in [0.15, 0.2) is 54.6 Å². The van der Waals surface area contributed by atoms with E-state index in [0.717, 1.165) is 11.1 Å². The molecule has 0 saturated carbocycles. The molecule has 0 bridgehead atoms. The molecule has 1 nitrogen and oxygen atoms in total. The summed E-state index contributed by atoms with van der Waals surface area (Å²) in [5, 5.41) is 0. The first-order chi connectivity index (χ1) is 12.1. The largest absolute Gasteiger partial charge is 1.00 e. The fourth-order valence-electron chi connectivity index (χ4n) is 3.13. The predicted octanol–water partition coefficient (Wildman–Crippen LogP) is 3.10. The molecule has 1 heterocycles. The summed E-state index contributed by atoms with van der Waals surface area (Å²) < 4.78 is 33.9. The summed E-state index contributed by atoms with van der Waals surface area (Å²) in [7, 11) is 0. The van der Waals surface area contributed by atoms with E-state index in [1.54, 1.807) is 6.07 Å². The van der Waals surface area contributed by atoms with Crippen LogP contribution in [0.5, 0.6) is 5.75 Å². The van der Waals surface area contributed by atoms with E-state index in [2.05, 4.69) is 24.3 Å². The van der Waals surface area contributed by atoms with E-state index in [4.69, 9.17) is 4.74 Å². The van der Waals surface area contributed by atoms with E-state index >= 15 is 0 Å². The van der Waals surface area contributed by atoms with Crippen molar-refractivity contribution in [2.75, 3.05) is 0 Å². The molecule has 3 aromatic rings. The number of halogens is 2. The van der Waals surface area contributed by atoms with Crippen LogP contribution in [-0.4, -0.2) is 0 Å². The van der Waals surface area contributed by atoms with Crippen molar-refractivity contribution in [3.05, 3.63) is 84.0 Å². The molecule has 0 amide bonds. The summed E-state index contributed by atoms with van der Waals surface area (Å²) in [6, 6.07) is 17.4. The van der Waals surface area contributed by atoms with Gasteiger partial charge in [0.15, 0.2) is 11.6 Å². The quantitative estimate of drug-likeness (QED) is 0.579. The van der Waals surface area contributed by atoms with Crippen LogP contribution < -0.4 is 62.9 Å². The number of ether oxygens (including phenoxy) is 1. The van der Waals surface area contributed by atoms with Crippen molar-refractivity contribution in [2.24, 2.45) is 0 Å². The number of hydrogen-bond donors (Lipinski definition) is 0. The molecule has 0 aliphatic carbocycles. The topological polar surface area (TPSA) is 9.23 Å². The molecule has 4 rings (SSSR count). The Morgan fingerprint density at radius 2 is 1.42 bits per heavy atom. The maximum absolute atomic E-state index is 14.5. The van der Waals surface area contributed by atoms with E-state index in [0.29, 0.717) is 24.0 Å². The Bertz CT molecular complexity index is 918. The molecule has 1 aliphatic rings. The Balaban J connectivity index is 0.00000196. The Morgan fingerprint density at radius 1 is 0.846 bits per heavy atom. The van der Waals surface area contributed by atoms with Crippen LogP contribution >= 0.6 is 0 Å². The first kappa shape index (κ1) is 19.9. The van der Waals surface area contributed by atoms with Gasteiger partial charge in [0.25, 0.3) is 0 Å². The molecule has 0 atom stereocenters. The third-order valence-corrected chi connectivity index (χ3v) is 4.55. The van der Waals surface area contributed by atoms with Gasteiger partial charge in [-0.3, -0.25) is 0 Å². The van der Waals surface area contributed by atoms with Gasteiger partial charge in [0, 0.05) is 5.56 Å². The predicted molar refractivity (Wildman–Crippen MR) is 95.2 cm³/mol. The molecular formula is C22H17F2ORb. The van der Waals surface area contributed by atoms with Crippen molar-refractivity contribution >= 4 is 0 Å². The van der Waals surface area contributed by atoms with Crippen molar-refractivity contribution in [2.45, 2.75) is 19.8 Å². The molecular weight excluding hydrogens is 404 g/mol. The number of hydrogen-bond acceptors (Lipinski definition) is 1. The van der Waals surface area contributed by atoms with Gasteiger partial charge in [0.05, 0.1) is 0 Å². The second kappa shape index (κ2) is 8.43. The third kappa shape index (κ3) is 3.86. The maximum Gasteiger partial charge on any atom is 1.00 e. The third-order valence-electron chi connectivity index (χ3n) is 4.55. The number of aryl methyl sites for hydroxylation is 2. The number of fused-ring (bicyclic) bond motifs is 1. The van der Waals surface area contributed by atoms with Gasteiger partial charge in [-0.1, -0.05) is 54.1 Å². The summed E-state index contributed by atoms with van der Waals surface area (Å²) in [5.41, 5.74) is 4.98. The summed E-state index contributed by atoms with van der Waals surface area (Å²) >= 11 is 0. The zero-order chi connectivity index (χ0) is 17.4. The van der Waals surface area contributed by atoms with Crippen LogP contribution in [0.2, 0.25) is 0 Å². The molecule has 0 N–H and O–H groups in total. The summed E-state index contributed by atoms with van der Waals surface area (Å²) in [6.07, 6.45) is 1.35. The molecule has 3 aromatic carbocycles. The Kier molecular flexibility index (Phi) is 6.44. The number of rotatable bonds is 2. The van der Waals surface area contributed by atoms with E-state index < -0.39 is 11.6 Å². The Morgan fingerprint density at radius 3 is 2.08 bits per heavy atom. The molecule has 0 radical (unpaired) electrons. The van der Waals surface area contributed by atoms with Crippen molar-refractivity contribution in [1.82, 2.24) is 0 Å². The van der Waals surface area contributed by atoms with Gasteiger partial charge in [-0.15, -0.1) is 6.42 Å². The molecule has 0 aromatic heterocycles. The minimum Gasteiger partial charge on any atom is -0.660 e. The van der Waals surface area contributed by atoms with Crippen molar-refractivity contribution in [1.29, 1.82) is 0 Å². The van der Waals surface area contributed by atoms with Gasteiger partial charge in [0.2, 0.25) is 0 Å². The molecule has 126 valence electrons. The van der Waals surface area contributed by atoms with Crippen LogP contribution in [0.25, 0.3) is 22.3 Å². The minimum absolute atomic E-state index is 0. The van der Waals surface area contributed by atoms with Crippen LogP contribution in [-0.2, 0) is 6.42 Å². The van der Waals surface area contributed by atoms with E-state index in [9.17, 15) is 8.78 Å². The van der Waals surface area contributed by atoms with Crippen molar-refractivity contribution in [3.63, 3.8) is 0 Å². The van der Waals surface area contributed by atoms with Gasteiger partial charge in [0.1, 0.15) is 5.75 Å². The molecule has 1 aliphatic heterocycles. The zero-order valence-electron chi connectivity index (χ0n) is 14.9. The van der Waals surface area contributed by atoms with Crippen molar-refractivity contribution < 1.29 is 71.7 Å². The Hall–Kier alpha value is -0.875. The van der Waals surface area contributed by atoms with E-state index in [-0.39, 0.29) is 69.5 Å². The molecule has 4 heteroatoms. The summed E-state index contributed by atoms with van der Waals surface area (Å²) in [6.45, 7) is 3.56. The van der Waals surface area contributed by atoms with E-state index in [1.165, 1.54) is 12.2 Å². The van der Waals surface area contributed by atoms with Gasteiger partial charge < -0.3 is 4.74 Å². The number of benzene rings is 3. The smallest absolute Gasteiger partial charge is 0.660 e. The second-order valence-electron chi connectivity index (χ2n) is 6.31. The Labute approximate surface area is 201 Å². The van der Waals surface area contributed by atoms with E-state index in [1.807, 2.05) is 31.2 Å². The maximum atomic E-state index is 14.5. The first-order valence-corrected chi connectivity index (χ1v) is 8.30. The summed E-state index contributed by atoms with van der Waals surface area (Å²) in [4.78, 5) is 0. The zero-order valence-corrected chi connectivity index (χ0v) is 19.8. The normalized spacial score (nSPS) is 12.7. The molecule has 0 fully saturated rings. The molecule has 0 spiro atoms. The first-order valence-electron chi connectivity index (χ1n) is 8.30.